The molecule has 1 rings (SSSR count). The minimum absolute atomic E-state index is 0.0841. The second-order valence-electron chi connectivity index (χ2n) is 5.47. The van der Waals surface area contributed by atoms with E-state index < -0.39 is 5.60 Å². The zero-order chi connectivity index (χ0) is 12.2. The van der Waals surface area contributed by atoms with Crippen molar-refractivity contribution in [2.24, 2.45) is 11.8 Å². The van der Waals surface area contributed by atoms with E-state index >= 15 is 0 Å². The standard InChI is InChI=1S/C13H25NO2/c1-4-11(10(2)3)8-12(15)14-9-13(16)6-5-7-13/h10-11,16H,4-9H2,1-3H3,(H,14,15). The van der Waals surface area contributed by atoms with Gasteiger partial charge >= 0.3 is 0 Å². The number of hydrogen-bond acceptors (Lipinski definition) is 2. The molecule has 1 aliphatic rings. The van der Waals surface area contributed by atoms with Crippen molar-refractivity contribution in [3.05, 3.63) is 0 Å². The summed E-state index contributed by atoms with van der Waals surface area (Å²) in [6.45, 7) is 6.86. The number of rotatable bonds is 6. The summed E-state index contributed by atoms with van der Waals surface area (Å²) in [7, 11) is 0. The number of aliphatic hydroxyl groups is 1. The van der Waals surface area contributed by atoms with E-state index in [4.69, 9.17) is 0 Å². The molecule has 1 atom stereocenters. The van der Waals surface area contributed by atoms with Crippen molar-refractivity contribution in [2.45, 2.75) is 58.5 Å². The van der Waals surface area contributed by atoms with Gasteiger partial charge in [0.25, 0.3) is 0 Å². The Morgan fingerprint density at radius 2 is 2.06 bits per heavy atom. The first kappa shape index (κ1) is 13.5. The van der Waals surface area contributed by atoms with Crippen molar-refractivity contribution in [3.63, 3.8) is 0 Å². The predicted octanol–water partition coefficient (Wildman–Crippen LogP) is 2.09. The maximum Gasteiger partial charge on any atom is 0.220 e. The molecule has 1 fully saturated rings. The largest absolute Gasteiger partial charge is 0.388 e. The molecule has 16 heavy (non-hydrogen) atoms. The molecule has 3 nitrogen and oxygen atoms in total. The highest BCUT2D eigenvalue weighted by Crippen LogP contribution is 2.30. The molecular weight excluding hydrogens is 202 g/mol. The molecule has 1 saturated carbocycles. The number of carbonyl (C=O) groups is 1. The van der Waals surface area contributed by atoms with Gasteiger partial charge in [-0.15, -0.1) is 0 Å². The van der Waals surface area contributed by atoms with Gasteiger partial charge in [0, 0.05) is 13.0 Å². The average Bonchev–Trinajstić information content (AvgIpc) is 2.19. The average molecular weight is 227 g/mol. The minimum atomic E-state index is -0.602. The van der Waals surface area contributed by atoms with Gasteiger partial charge in [-0.1, -0.05) is 27.2 Å². The van der Waals surface area contributed by atoms with Crippen LogP contribution in [-0.4, -0.2) is 23.2 Å². The Morgan fingerprint density at radius 3 is 2.44 bits per heavy atom. The lowest BCUT2D eigenvalue weighted by Crippen LogP contribution is -2.48. The highest BCUT2D eigenvalue weighted by molar-refractivity contribution is 5.76. The summed E-state index contributed by atoms with van der Waals surface area (Å²) in [5.74, 6) is 1.08. The van der Waals surface area contributed by atoms with Gasteiger partial charge in [-0.2, -0.15) is 0 Å². The smallest absolute Gasteiger partial charge is 0.220 e. The van der Waals surface area contributed by atoms with Crippen LogP contribution < -0.4 is 5.32 Å². The third-order valence-corrected chi connectivity index (χ3v) is 3.81. The van der Waals surface area contributed by atoms with E-state index in [2.05, 4.69) is 26.1 Å². The van der Waals surface area contributed by atoms with Crippen molar-refractivity contribution >= 4 is 5.91 Å². The molecule has 0 aromatic carbocycles. The fourth-order valence-corrected chi connectivity index (χ4v) is 2.19. The molecule has 0 aromatic heterocycles. The molecule has 1 aliphatic carbocycles. The lowest BCUT2D eigenvalue weighted by Gasteiger charge is -2.36. The van der Waals surface area contributed by atoms with E-state index in [-0.39, 0.29) is 5.91 Å². The van der Waals surface area contributed by atoms with Crippen molar-refractivity contribution in [3.8, 4) is 0 Å². The van der Waals surface area contributed by atoms with Crippen molar-refractivity contribution in [2.75, 3.05) is 6.54 Å². The molecule has 0 bridgehead atoms. The lowest BCUT2D eigenvalue weighted by atomic mass is 9.80. The SMILES string of the molecule is CCC(CC(=O)NCC1(O)CCC1)C(C)C. The summed E-state index contributed by atoms with van der Waals surface area (Å²) in [4.78, 5) is 11.7. The topological polar surface area (TPSA) is 49.3 Å². The summed E-state index contributed by atoms with van der Waals surface area (Å²) in [5, 5.41) is 12.7. The van der Waals surface area contributed by atoms with E-state index in [1.165, 1.54) is 0 Å². The Labute approximate surface area is 98.6 Å². The second kappa shape index (κ2) is 5.67. The quantitative estimate of drug-likeness (QED) is 0.730. The fourth-order valence-electron chi connectivity index (χ4n) is 2.19. The number of nitrogens with one attached hydrogen (secondary N) is 1. The molecule has 1 amide bonds. The van der Waals surface area contributed by atoms with Crippen LogP contribution in [0.25, 0.3) is 0 Å². The number of amides is 1. The lowest BCUT2D eigenvalue weighted by molar-refractivity contribution is -0.124. The maximum atomic E-state index is 11.7. The first-order valence-electron chi connectivity index (χ1n) is 6.46. The van der Waals surface area contributed by atoms with Gasteiger partial charge in [-0.25, -0.2) is 0 Å². The van der Waals surface area contributed by atoms with Gasteiger partial charge in [0.1, 0.15) is 0 Å². The Morgan fingerprint density at radius 1 is 1.44 bits per heavy atom. The Kier molecular flexibility index (Phi) is 4.78. The zero-order valence-corrected chi connectivity index (χ0v) is 10.8. The van der Waals surface area contributed by atoms with Crippen LogP contribution in [0, 0.1) is 11.8 Å². The molecule has 0 aromatic rings. The molecule has 2 N–H and O–H groups in total. The van der Waals surface area contributed by atoms with Crippen LogP contribution in [0.3, 0.4) is 0 Å². The van der Waals surface area contributed by atoms with Crippen molar-refractivity contribution in [1.29, 1.82) is 0 Å². The molecule has 0 saturated heterocycles. The van der Waals surface area contributed by atoms with Gasteiger partial charge in [0.15, 0.2) is 0 Å². The molecular formula is C13H25NO2. The molecule has 94 valence electrons. The van der Waals surface area contributed by atoms with Crippen LogP contribution in [-0.2, 0) is 4.79 Å². The normalized spacial score (nSPS) is 20.3. The number of hydrogen-bond donors (Lipinski definition) is 2. The van der Waals surface area contributed by atoms with Crippen molar-refractivity contribution < 1.29 is 9.90 Å². The predicted molar refractivity (Wildman–Crippen MR) is 65.0 cm³/mol. The first-order valence-corrected chi connectivity index (χ1v) is 6.46. The van der Waals surface area contributed by atoms with Crippen LogP contribution in [0.4, 0.5) is 0 Å². The molecule has 0 spiro atoms. The highest BCUT2D eigenvalue weighted by Gasteiger charge is 2.34. The molecule has 3 heteroatoms. The maximum absolute atomic E-state index is 11.7. The highest BCUT2D eigenvalue weighted by atomic mass is 16.3. The molecule has 0 radical (unpaired) electrons. The fraction of sp³-hybridized carbons (Fsp3) is 0.923. The second-order valence-corrected chi connectivity index (χ2v) is 5.47. The van der Waals surface area contributed by atoms with Crippen molar-refractivity contribution in [1.82, 2.24) is 5.32 Å². The van der Waals surface area contributed by atoms with E-state index in [1.54, 1.807) is 0 Å². The van der Waals surface area contributed by atoms with E-state index in [1.807, 2.05) is 0 Å². The third kappa shape index (κ3) is 3.78. The first-order chi connectivity index (χ1) is 7.47. The van der Waals surface area contributed by atoms with Crippen LogP contribution >= 0.6 is 0 Å². The van der Waals surface area contributed by atoms with Gasteiger partial charge in [-0.3, -0.25) is 4.79 Å². The Bertz CT molecular complexity index is 234. The van der Waals surface area contributed by atoms with Crippen LogP contribution in [0.5, 0.6) is 0 Å². The Hall–Kier alpha value is -0.570. The van der Waals surface area contributed by atoms with E-state index in [0.717, 1.165) is 25.7 Å². The molecule has 1 unspecified atom stereocenters. The van der Waals surface area contributed by atoms with Crippen LogP contribution in [0.15, 0.2) is 0 Å². The third-order valence-electron chi connectivity index (χ3n) is 3.81. The van der Waals surface area contributed by atoms with Gasteiger partial charge in [-0.05, 0) is 31.1 Å². The zero-order valence-electron chi connectivity index (χ0n) is 10.8. The summed E-state index contributed by atoms with van der Waals surface area (Å²) >= 11 is 0. The summed E-state index contributed by atoms with van der Waals surface area (Å²) < 4.78 is 0. The van der Waals surface area contributed by atoms with Crippen LogP contribution in [0.2, 0.25) is 0 Å². The summed E-state index contributed by atoms with van der Waals surface area (Å²) in [5.41, 5.74) is -0.602. The number of carbonyl (C=O) groups excluding carboxylic acids is 1. The molecule has 0 aliphatic heterocycles. The molecule has 0 heterocycles. The van der Waals surface area contributed by atoms with E-state index in [0.29, 0.717) is 24.8 Å². The van der Waals surface area contributed by atoms with E-state index in [9.17, 15) is 9.90 Å². The summed E-state index contributed by atoms with van der Waals surface area (Å²) in [6, 6.07) is 0. The monoisotopic (exact) mass is 227 g/mol. The van der Waals surface area contributed by atoms with Gasteiger partial charge < -0.3 is 10.4 Å². The van der Waals surface area contributed by atoms with Crippen LogP contribution in [0.1, 0.15) is 52.9 Å². The van der Waals surface area contributed by atoms with Gasteiger partial charge in [0.2, 0.25) is 5.91 Å². The summed E-state index contributed by atoms with van der Waals surface area (Å²) in [6.07, 6.45) is 4.36. The van der Waals surface area contributed by atoms with Gasteiger partial charge in [0.05, 0.1) is 5.60 Å². The Balaban J connectivity index is 2.24. The minimum Gasteiger partial charge on any atom is -0.388 e.